The average Bonchev–Trinajstić information content (AvgIpc) is 2.99. The van der Waals surface area contributed by atoms with Crippen LogP contribution in [0, 0.1) is 0 Å². The molecule has 1 atom stereocenters. The number of imidazole rings is 1. The van der Waals surface area contributed by atoms with Crippen molar-refractivity contribution in [3.05, 3.63) is 71.1 Å². The van der Waals surface area contributed by atoms with Crippen LogP contribution in [0.1, 0.15) is 23.6 Å². The van der Waals surface area contributed by atoms with Crippen LogP contribution in [-0.4, -0.2) is 20.6 Å². The lowest BCUT2D eigenvalue weighted by molar-refractivity contribution is -0.116. The SMILES string of the molecule is O=C1C[C@H](c2ccc(O)cc2)c2ncn(-c3ccccc3Cl)c2N1. The molecule has 3 aromatic rings. The second kappa shape index (κ2) is 5.69. The van der Waals surface area contributed by atoms with E-state index in [-0.39, 0.29) is 17.6 Å². The van der Waals surface area contributed by atoms with Crippen molar-refractivity contribution in [3.8, 4) is 11.4 Å². The highest BCUT2D eigenvalue weighted by Gasteiger charge is 2.31. The molecule has 2 N–H and O–H groups in total. The highest BCUT2D eigenvalue weighted by Crippen LogP contribution is 2.38. The Balaban J connectivity index is 1.83. The predicted molar refractivity (Wildman–Crippen MR) is 91.8 cm³/mol. The van der Waals surface area contributed by atoms with E-state index in [1.165, 1.54) is 0 Å². The van der Waals surface area contributed by atoms with E-state index in [1.54, 1.807) is 29.1 Å². The van der Waals surface area contributed by atoms with Gasteiger partial charge in [0.05, 0.1) is 16.4 Å². The van der Waals surface area contributed by atoms with E-state index in [4.69, 9.17) is 11.6 Å². The molecular weight excluding hydrogens is 326 g/mol. The molecule has 0 radical (unpaired) electrons. The summed E-state index contributed by atoms with van der Waals surface area (Å²) in [5.41, 5.74) is 2.49. The molecule has 0 saturated carbocycles. The molecule has 1 aliphatic rings. The van der Waals surface area contributed by atoms with E-state index in [1.807, 2.05) is 30.3 Å². The Bertz CT molecular complexity index is 918. The van der Waals surface area contributed by atoms with E-state index < -0.39 is 0 Å². The van der Waals surface area contributed by atoms with Crippen LogP contribution in [0.3, 0.4) is 0 Å². The fourth-order valence-electron chi connectivity index (χ4n) is 3.02. The van der Waals surface area contributed by atoms with E-state index in [2.05, 4.69) is 10.3 Å². The third-order valence-corrected chi connectivity index (χ3v) is 4.50. The second-order valence-corrected chi connectivity index (χ2v) is 6.10. The number of anilines is 1. The van der Waals surface area contributed by atoms with Gasteiger partial charge in [0.2, 0.25) is 5.91 Å². The number of benzene rings is 2. The molecule has 2 heterocycles. The number of halogens is 1. The first-order chi connectivity index (χ1) is 11.6. The first-order valence-corrected chi connectivity index (χ1v) is 7.92. The summed E-state index contributed by atoms with van der Waals surface area (Å²) >= 11 is 6.28. The topological polar surface area (TPSA) is 67.1 Å². The van der Waals surface area contributed by atoms with Crippen molar-refractivity contribution in [2.24, 2.45) is 0 Å². The second-order valence-electron chi connectivity index (χ2n) is 5.70. The minimum Gasteiger partial charge on any atom is -0.508 e. The Labute approximate surface area is 143 Å². The van der Waals surface area contributed by atoms with Crippen LogP contribution in [0.15, 0.2) is 54.9 Å². The molecular formula is C18H14ClN3O2. The number of nitrogens with one attached hydrogen (secondary N) is 1. The highest BCUT2D eigenvalue weighted by molar-refractivity contribution is 6.32. The summed E-state index contributed by atoms with van der Waals surface area (Å²) in [6.07, 6.45) is 1.99. The molecule has 6 heteroatoms. The zero-order chi connectivity index (χ0) is 16.7. The fraction of sp³-hybridized carbons (Fsp3) is 0.111. The molecule has 1 aromatic heterocycles. The lowest BCUT2D eigenvalue weighted by atomic mass is 9.90. The van der Waals surface area contributed by atoms with Crippen LogP contribution in [0.2, 0.25) is 5.02 Å². The van der Waals surface area contributed by atoms with Crippen molar-refractivity contribution in [1.82, 2.24) is 9.55 Å². The molecule has 0 bridgehead atoms. The molecule has 0 fully saturated rings. The number of phenolic OH excluding ortho intramolecular Hbond substituents is 1. The third kappa shape index (κ3) is 2.43. The molecule has 4 rings (SSSR count). The van der Waals surface area contributed by atoms with E-state index in [0.717, 1.165) is 16.9 Å². The molecule has 1 amide bonds. The third-order valence-electron chi connectivity index (χ3n) is 4.18. The summed E-state index contributed by atoms with van der Waals surface area (Å²) in [7, 11) is 0. The highest BCUT2D eigenvalue weighted by atomic mass is 35.5. The minimum absolute atomic E-state index is 0.0746. The molecule has 0 saturated heterocycles. The van der Waals surface area contributed by atoms with Crippen LogP contribution < -0.4 is 5.32 Å². The summed E-state index contributed by atoms with van der Waals surface area (Å²) in [5, 5.41) is 13.0. The van der Waals surface area contributed by atoms with Crippen molar-refractivity contribution in [2.75, 3.05) is 5.32 Å². The molecule has 2 aromatic carbocycles. The molecule has 24 heavy (non-hydrogen) atoms. The molecule has 0 spiro atoms. The number of phenols is 1. The van der Waals surface area contributed by atoms with Gasteiger partial charge in [-0.25, -0.2) is 4.98 Å². The number of aromatic hydroxyl groups is 1. The monoisotopic (exact) mass is 339 g/mol. The Kier molecular flexibility index (Phi) is 3.50. The van der Waals surface area contributed by atoms with Gasteiger partial charge < -0.3 is 10.4 Å². The van der Waals surface area contributed by atoms with Crippen molar-refractivity contribution in [2.45, 2.75) is 12.3 Å². The fourth-order valence-corrected chi connectivity index (χ4v) is 3.25. The number of aromatic nitrogens is 2. The average molecular weight is 340 g/mol. The zero-order valence-corrected chi connectivity index (χ0v) is 13.4. The van der Waals surface area contributed by atoms with Crippen LogP contribution >= 0.6 is 11.6 Å². The normalized spacial score (nSPS) is 16.5. The number of para-hydroxylation sites is 1. The van der Waals surface area contributed by atoms with Gasteiger partial charge in [0.1, 0.15) is 17.9 Å². The Morgan fingerprint density at radius 1 is 1.17 bits per heavy atom. The maximum Gasteiger partial charge on any atom is 0.226 e. The van der Waals surface area contributed by atoms with Gasteiger partial charge in [0.15, 0.2) is 0 Å². The van der Waals surface area contributed by atoms with Crippen molar-refractivity contribution >= 4 is 23.3 Å². The number of rotatable bonds is 2. The van der Waals surface area contributed by atoms with Crippen LogP contribution in [0.5, 0.6) is 5.75 Å². The lowest BCUT2D eigenvalue weighted by Gasteiger charge is -2.23. The van der Waals surface area contributed by atoms with E-state index >= 15 is 0 Å². The van der Waals surface area contributed by atoms with Gasteiger partial charge >= 0.3 is 0 Å². The van der Waals surface area contributed by atoms with Crippen LogP contribution in [-0.2, 0) is 4.79 Å². The maximum atomic E-state index is 12.2. The predicted octanol–water partition coefficient (Wildman–Crippen LogP) is 3.71. The number of hydrogen-bond acceptors (Lipinski definition) is 3. The number of carbonyl (C=O) groups excluding carboxylic acids is 1. The van der Waals surface area contributed by atoms with Crippen molar-refractivity contribution in [1.29, 1.82) is 0 Å². The molecule has 0 aliphatic carbocycles. The van der Waals surface area contributed by atoms with Gasteiger partial charge in [-0.05, 0) is 29.8 Å². The van der Waals surface area contributed by atoms with Gasteiger partial charge in [0.25, 0.3) is 0 Å². The van der Waals surface area contributed by atoms with E-state index in [9.17, 15) is 9.90 Å². The largest absolute Gasteiger partial charge is 0.508 e. The molecule has 120 valence electrons. The number of fused-ring (bicyclic) bond motifs is 1. The van der Waals surface area contributed by atoms with Gasteiger partial charge in [-0.1, -0.05) is 35.9 Å². The van der Waals surface area contributed by atoms with Gasteiger partial charge in [0, 0.05) is 12.3 Å². The summed E-state index contributed by atoms with van der Waals surface area (Å²) in [6, 6.07) is 14.3. The number of carbonyl (C=O) groups is 1. The van der Waals surface area contributed by atoms with Gasteiger partial charge in [-0.15, -0.1) is 0 Å². The van der Waals surface area contributed by atoms with Crippen molar-refractivity contribution in [3.63, 3.8) is 0 Å². The molecule has 0 unspecified atom stereocenters. The smallest absolute Gasteiger partial charge is 0.226 e. The number of hydrogen-bond donors (Lipinski definition) is 2. The Morgan fingerprint density at radius 2 is 1.92 bits per heavy atom. The molecule has 5 nitrogen and oxygen atoms in total. The van der Waals surface area contributed by atoms with Crippen LogP contribution in [0.25, 0.3) is 5.69 Å². The first kappa shape index (κ1) is 14.8. The number of amides is 1. The van der Waals surface area contributed by atoms with Crippen molar-refractivity contribution < 1.29 is 9.90 Å². The quantitative estimate of drug-likeness (QED) is 0.748. The van der Waals surface area contributed by atoms with Crippen LogP contribution in [0.4, 0.5) is 5.82 Å². The summed E-state index contributed by atoms with van der Waals surface area (Å²) in [5.74, 6) is 0.603. The van der Waals surface area contributed by atoms with Gasteiger partial charge in [-0.3, -0.25) is 9.36 Å². The lowest BCUT2D eigenvalue weighted by Crippen LogP contribution is -2.24. The Hall–Kier alpha value is -2.79. The Morgan fingerprint density at radius 3 is 2.67 bits per heavy atom. The zero-order valence-electron chi connectivity index (χ0n) is 12.6. The summed E-state index contributed by atoms with van der Waals surface area (Å²) in [4.78, 5) is 16.7. The first-order valence-electron chi connectivity index (χ1n) is 7.54. The molecule has 1 aliphatic heterocycles. The van der Waals surface area contributed by atoms with Gasteiger partial charge in [-0.2, -0.15) is 0 Å². The number of nitrogens with zero attached hydrogens (tertiary/aromatic N) is 2. The van der Waals surface area contributed by atoms with E-state index in [0.29, 0.717) is 17.3 Å². The summed E-state index contributed by atoms with van der Waals surface area (Å²) in [6.45, 7) is 0. The summed E-state index contributed by atoms with van der Waals surface area (Å²) < 4.78 is 1.79. The minimum atomic E-state index is -0.155. The standard InChI is InChI=1S/C18H14ClN3O2/c19-14-3-1-2-4-15(14)22-10-20-17-13(9-16(24)21-18(17)22)11-5-7-12(23)8-6-11/h1-8,10,13,23H,9H2,(H,21,24)/t13-/m1/s1. The maximum absolute atomic E-state index is 12.2.